The van der Waals surface area contributed by atoms with Gasteiger partial charge in [0.1, 0.15) is 0 Å². The van der Waals surface area contributed by atoms with E-state index in [0.29, 0.717) is 32.4 Å². The molecule has 0 aromatic rings. The molecule has 0 saturated carbocycles. The molecule has 86 valence electrons. The maximum absolute atomic E-state index is 11.4. The number of hydrogen-bond donors (Lipinski definition) is 1. The average molecular weight is 213 g/mol. The zero-order chi connectivity index (χ0) is 11.5. The Bertz CT molecular complexity index is 259. The molecule has 0 bridgehead atoms. The van der Waals surface area contributed by atoms with Crippen molar-refractivity contribution >= 4 is 11.9 Å². The zero-order valence-electron chi connectivity index (χ0n) is 9.45. The predicted molar refractivity (Wildman–Crippen MR) is 56.5 cm³/mol. The molecule has 0 aromatic heterocycles. The quantitative estimate of drug-likeness (QED) is 0.753. The van der Waals surface area contributed by atoms with Crippen LogP contribution in [0.15, 0.2) is 0 Å². The van der Waals surface area contributed by atoms with Crippen molar-refractivity contribution in [3.63, 3.8) is 0 Å². The second kappa shape index (κ2) is 4.64. The van der Waals surface area contributed by atoms with Crippen LogP contribution in [0.5, 0.6) is 0 Å². The zero-order valence-corrected chi connectivity index (χ0v) is 9.45. The molecule has 0 unspecified atom stereocenters. The van der Waals surface area contributed by atoms with E-state index in [-0.39, 0.29) is 5.91 Å². The van der Waals surface area contributed by atoms with E-state index in [1.54, 1.807) is 4.90 Å². The second-order valence-corrected chi connectivity index (χ2v) is 4.21. The smallest absolute Gasteiger partial charge is 0.311 e. The molecule has 1 heterocycles. The molecule has 1 saturated heterocycles. The Balaban J connectivity index is 2.73. The average Bonchev–Trinajstić information content (AvgIpc) is 2.60. The van der Waals surface area contributed by atoms with Crippen LogP contribution in [-0.4, -0.2) is 35.0 Å². The number of aliphatic carboxylic acids is 1. The van der Waals surface area contributed by atoms with Crippen LogP contribution < -0.4 is 0 Å². The van der Waals surface area contributed by atoms with Crippen LogP contribution in [0, 0.1) is 5.41 Å². The largest absolute Gasteiger partial charge is 0.481 e. The van der Waals surface area contributed by atoms with Crippen molar-refractivity contribution in [2.24, 2.45) is 5.41 Å². The van der Waals surface area contributed by atoms with E-state index in [2.05, 4.69) is 0 Å². The minimum absolute atomic E-state index is 0.0996. The number of likely N-dealkylation sites (tertiary alicyclic amines) is 1. The van der Waals surface area contributed by atoms with Crippen molar-refractivity contribution in [2.45, 2.75) is 39.5 Å². The van der Waals surface area contributed by atoms with Crippen molar-refractivity contribution in [3.8, 4) is 0 Å². The molecule has 1 amide bonds. The Morgan fingerprint density at radius 2 is 2.07 bits per heavy atom. The molecule has 1 fully saturated rings. The second-order valence-electron chi connectivity index (χ2n) is 4.21. The summed E-state index contributed by atoms with van der Waals surface area (Å²) in [6, 6.07) is 0. The Labute approximate surface area is 90.3 Å². The van der Waals surface area contributed by atoms with Crippen LogP contribution in [0.25, 0.3) is 0 Å². The number of carboxylic acid groups (broad SMARTS) is 1. The first-order valence-corrected chi connectivity index (χ1v) is 5.57. The minimum Gasteiger partial charge on any atom is -0.481 e. The first-order chi connectivity index (χ1) is 7.05. The third kappa shape index (κ3) is 2.30. The van der Waals surface area contributed by atoms with Crippen LogP contribution in [0.4, 0.5) is 0 Å². The van der Waals surface area contributed by atoms with Crippen LogP contribution >= 0.6 is 0 Å². The Hall–Kier alpha value is -1.06. The fourth-order valence-corrected chi connectivity index (χ4v) is 2.08. The standard InChI is InChI=1S/C11H19NO3/c1-3-11(4-2,10(14)15)8-12-7-5-6-9(12)13/h3-8H2,1-2H3,(H,14,15). The van der Waals surface area contributed by atoms with E-state index >= 15 is 0 Å². The Kier molecular flexibility index (Phi) is 3.72. The molecule has 4 nitrogen and oxygen atoms in total. The van der Waals surface area contributed by atoms with E-state index < -0.39 is 11.4 Å². The highest BCUT2D eigenvalue weighted by molar-refractivity contribution is 5.80. The summed E-state index contributed by atoms with van der Waals surface area (Å²) in [4.78, 5) is 24.4. The normalized spacial score (nSPS) is 17.2. The summed E-state index contributed by atoms with van der Waals surface area (Å²) < 4.78 is 0. The van der Waals surface area contributed by atoms with E-state index in [9.17, 15) is 14.7 Å². The van der Waals surface area contributed by atoms with Crippen LogP contribution in [0.2, 0.25) is 0 Å². The third-order valence-corrected chi connectivity index (χ3v) is 3.47. The lowest BCUT2D eigenvalue weighted by molar-refractivity contribution is -0.151. The first kappa shape index (κ1) is 12.0. The maximum atomic E-state index is 11.4. The molecule has 0 aliphatic carbocycles. The molecule has 0 aromatic carbocycles. The fraction of sp³-hybridized carbons (Fsp3) is 0.818. The van der Waals surface area contributed by atoms with Gasteiger partial charge in [0.15, 0.2) is 0 Å². The summed E-state index contributed by atoms with van der Waals surface area (Å²) in [5.74, 6) is -0.685. The molecule has 15 heavy (non-hydrogen) atoms. The summed E-state index contributed by atoms with van der Waals surface area (Å²) in [7, 11) is 0. The molecule has 1 aliphatic heterocycles. The highest BCUT2D eigenvalue weighted by Crippen LogP contribution is 2.29. The van der Waals surface area contributed by atoms with Crippen LogP contribution in [-0.2, 0) is 9.59 Å². The molecule has 0 radical (unpaired) electrons. The number of carbonyl (C=O) groups is 2. The van der Waals surface area contributed by atoms with Gasteiger partial charge in [0.05, 0.1) is 5.41 Å². The summed E-state index contributed by atoms with van der Waals surface area (Å²) in [5, 5.41) is 9.23. The Morgan fingerprint density at radius 3 is 2.40 bits per heavy atom. The van der Waals surface area contributed by atoms with Gasteiger partial charge < -0.3 is 10.0 Å². The molecule has 1 rings (SSSR count). The highest BCUT2D eigenvalue weighted by atomic mass is 16.4. The van der Waals surface area contributed by atoms with E-state index in [1.807, 2.05) is 13.8 Å². The first-order valence-electron chi connectivity index (χ1n) is 5.57. The summed E-state index contributed by atoms with van der Waals surface area (Å²) in [5.41, 5.74) is -0.750. The van der Waals surface area contributed by atoms with Gasteiger partial charge in [-0.1, -0.05) is 13.8 Å². The lowest BCUT2D eigenvalue weighted by Gasteiger charge is -2.31. The van der Waals surface area contributed by atoms with Gasteiger partial charge in [-0.3, -0.25) is 9.59 Å². The lowest BCUT2D eigenvalue weighted by Crippen LogP contribution is -2.43. The van der Waals surface area contributed by atoms with Gasteiger partial charge >= 0.3 is 5.97 Å². The molecule has 4 heteroatoms. The summed E-state index contributed by atoms with van der Waals surface area (Å²) in [6.07, 6.45) is 2.58. The lowest BCUT2D eigenvalue weighted by atomic mass is 9.82. The van der Waals surface area contributed by atoms with Crippen molar-refractivity contribution in [3.05, 3.63) is 0 Å². The predicted octanol–water partition coefficient (Wildman–Crippen LogP) is 1.50. The number of rotatable bonds is 5. The highest BCUT2D eigenvalue weighted by Gasteiger charge is 2.38. The van der Waals surface area contributed by atoms with E-state index in [0.717, 1.165) is 6.42 Å². The number of carbonyl (C=O) groups excluding carboxylic acids is 1. The van der Waals surface area contributed by atoms with Crippen molar-refractivity contribution in [1.82, 2.24) is 4.90 Å². The Morgan fingerprint density at radius 1 is 1.47 bits per heavy atom. The van der Waals surface area contributed by atoms with E-state index in [4.69, 9.17) is 0 Å². The molecular weight excluding hydrogens is 194 g/mol. The maximum Gasteiger partial charge on any atom is 0.311 e. The number of nitrogens with zero attached hydrogens (tertiary/aromatic N) is 1. The van der Waals surface area contributed by atoms with E-state index in [1.165, 1.54) is 0 Å². The van der Waals surface area contributed by atoms with Gasteiger partial charge in [0.25, 0.3) is 0 Å². The fourth-order valence-electron chi connectivity index (χ4n) is 2.08. The number of amides is 1. The van der Waals surface area contributed by atoms with Crippen molar-refractivity contribution < 1.29 is 14.7 Å². The van der Waals surface area contributed by atoms with Crippen molar-refractivity contribution in [2.75, 3.05) is 13.1 Å². The molecule has 1 N–H and O–H groups in total. The molecular formula is C11H19NO3. The van der Waals surface area contributed by atoms with Gasteiger partial charge in [0, 0.05) is 19.5 Å². The summed E-state index contributed by atoms with van der Waals surface area (Å²) >= 11 is 0. The molecule has 0 spiro atoms. The SMILES string of the molecule is CCC(CC)(CN1CCCC1=O)C(=O)O. The van der Waals surface area contributed by atoms with Crippen molar-refractivity contribution in [1.29, 1.82) is 0 Å². The van der Waals surface area contributed by atoms with Crippen LogP contribution in [0.3, 0.4) is 0 Å². The third-order valence-electron chi connectivity index (χ3n) is 3.47. The van der Waals surface area contributed by atoms with Gasteiger partial charge in [-0.05, 0) is 19.3 Å². The number of hydrogen-bond acceptors (Lipinski definition) is 2. The molecule has 1 aliphatic rings. The van der Waals surface area contributed by atoms with Crippen LogP contribution in [0.1, 0.15) is 39.5 Å². The molecule has 0 atom stereocenters. The van der Waals surface area contributed by atoms with Gasteiger partial charge in [-0.2, -0.15) is 0 Å². The van der Waals surface area contributed by atoms with Gasteiger partial charge in [-0.25, -0.2) is 0 Å². The van der Waals surface area contributed by atoms with Gasteiger partial charge in [-0.15, -0.1) is 0 Å². The summed E-state index contributed by atoms with van der Waals surface area (Å²) in [6.45, 7) is 4.83. The number of carboxylic acids is 1. The minimum atomic E-state index is -0.785. The topological polar surface area (TPSA) is 57.6 Å². The monoisotopic (exact) mass is 213 g/mol. The van der Waals surface area contributed by atoms with Gasteiger partial charge in [0.2, 0.25) is 5.91 Å².